The molecule has 2 aromatic rings. The highest BCUT2D eigenvalue weighted by molar-refractivity contribution is 5.77. The summed E-state index contributed by atoms with van der Waals surface area (Å²) in [5.74, 6) is 0.917. The predicted octanol–water partition coefficient (Wildman–Crippen LogP) is 1.84. The molecular formula is C8H8N2O. The van der Waals surface area contributed by atoms with Crippen molar-refractivity contribution in [2.45, 2.75) is 13.8 Å². The number of nitrogens with zero attached hydrogens (tertiary/aromatic N) is 2. The van der Waals surface area contributed by atoms with Crippen molar-refractivity contribution in [3.8, 4) is 0 Å². The van der Waals surface area contributed by atoms with Crippen molar-refractivity contribution >= 4 is 11.1 Å². The van der Waals surface area contributed by atoms with Gasteiger partial charge in [0.05, 0.1) is 6.20 Å². The maximum Gasteiger partial charge on any atom is 0.246 e. The van der Waals surface area contributed by atoms with Gasteiger partial charge < -0.3 is 4.42 Å². The lowest BCUT2D eigenvalue weighted by Gasteiger charge is -1.83. The molecule has 2 heterocycles. The van der Waals surface area contributed by atoms with Gasteiger partial charge in [-0.25, -0.2) is 0 Å². The van der Waals surface area contributed by atoms with Crippen LogP contribution in [0.1, 0.15) is 11.3 Å². The molecule has 0 spiro atoms. The van der Waals surface area contributed by atoms with E-state index in [1.807, 2.05) is 19.9 Å². The van der Waals surface area contributed by atoms with E-state index in [0.29, 0.717) is 5.71 Å². The molecule has 11 heavy (non-hydrogen) atoms. The molecular weight excluding hydrogens is 140 g/mol. The number of hydrogen-bond donors (Lipinski definition) is 0. The Morgan fingerprint density at radius 2 is 2.18 bits per heavy atom. The summed E-state index contributed by atoms with van der Waals surface area (Å²) in [5, 5.41) is 8.62. The zero-order chi connectivity index (χ0) is 7.84. The number of fused-ring (bicyclic) bond motifs is 1. The number of aromatic nitrogens is 2. The quantitative estimate of drug-likeness (QED) is 0.572. The minimum Gasteiger partial charge on any atom is -0.442 e. The van der Waals surface area contributed by atoms with Crippen LogP contribution < -0.4 is 0 Å². The van der Waals surface area contributed by atoms with Crippen molar-refractivity contribution in [1.82, 2.24) is 10.2 Å². The van der Waals surface area contributed by atoms with Gasteiger partial charge in [-0.2, -0.15) is 5.10 Å². The summed E-state index contributed by atoms with van der Waals surface area (Å²) in [6, 6.07) is 1.91. The van der Waals surface area contributed by atoms with E-state index in [-0.39, 0.29) is 0 Å². The molecule has 0 saturated heterocycles. The van der Waals surface area contributed by atoms with Gasteiger partial charge in [0, 0.05) is 5.39 Å². The second-order valence-corrected chi connectivity index (χ2v) is 2.53. The van der Waals surface area contributed by atoms with Crippen molar-refractivity contribution in [3.05, 3.63) is 23.6 Å². The fourth-order valence-electron chi connectivity index (χ4n) is 1.09. The normalized spacial score (nSPS) is 10.7. The Bertz CT molecular complexity index is 392. The van der Waals surface area contributed by atoms with E-state index in [2.05, 4.69) is 10.2 Å². The summed E-state index contributed by atoms with van der Waals surface area (Å²) in [6.07, 6.45) is 1.67. The summed E-state index contributed by atoms with van der Waals surface area (Å²) in [7, 11) is 0. The van der Waals surface area contributed by atoms with Crippen LogP contribution in [0.4, 0.5) is 0 Å². The van der Waals surface area contributed by atoms with Crippen LogP contribution in [0, 0.1) is 13.8 Å². The molecule has 0 bridgehead atoms. The lowest BCUT2D eigenvalue weighted by molar-refractivity contribution is 0.559. The molecule has 3 heteroatoms. The van der Waals surface area contributed by atoms with E-state index in [1.54, 1.807) is 6.20 Å². The molecule has 0 saturated carbocycles. The molecule has 0 aliphatic carbocycles. The third-order valence-corrected chi connectivity index (χ3v) is 1.87. The van der Waals surface area contributed by atoms with E-state index in [0.717, 1.165) is 16.7 Å². The first-order valence-corrected chi connectivity index (χ1v) is 3.46. The molecule has 0 aliphatic rings. The van der Waals surface area contributed by atoms with Gasteiger partial charge in [0.1, 0.15) is 5.76 Å². The van der Waals surface area contributed by atoms with Crippen LogP contribution in [0.3, 0.4) is 0 Å². The van der Waals surface area contributed by atoms with E-state index in [1.165, 1.54) is 0 Å². The molecule has 0 unspecified atom stereocenters. The Labute approximate surface area is 64.0 Å². The average Bonchev–Trinajstić information content (AvgIpc) is 2.30. The predicted molar refractivity (Wildman–Crippen MR) is 41.3 cm³/mol. The smallest absolute Gasteiger partial charge is 0.246 e. The molecule has 0 atom stereocenters. The highest BCUT2D eigenvalue weighted by Gasteiger charge is 2.05. The molecule has 2 rings (SSSR count). The summed E-state index contributed by atoms with van der Waals surface area (Å²) in [6.45, 7) is 3.94. The monoisotopic (exact) mass is 148 g/mol. The van der Waals surface area contributed by atoms with Crippen LogP contribution in [0.5, 0.6) is 0 Å². The van der Waals surface area contributed by atoms with Gasteiger partial charge in [-0.3, -0.25) is 0 Å². The number of furan rings is 1. The van der Waals surface area contributed by atoms with Crippen LogP contribution in [0.2, 0.25) is 0 Å². The van der Waals surface area contributed by atoms with Crippen LogP contribution >= 0.6 is 0 Å². The van der Waals surface area contributed by atoms with Gasteiger partial charge in [0.15, 0.2) is 0 Å². The highest BCUT2D eigenvalue weighted by Crippen LogP contribution is 2.20. The van der Waals surface area contributed by atoms with Crippen LogP contribution in [0.15, 0.2) is 16.7 Å². The lowest BCUT2D eigenvalue weighted by atomic mass is 10.2. The third-order valence-electron chi connectivity index (χ3n) is 1.87. The molecule has 0 N–H and O–H groups in total. The molecule has 0 aromatic carbocycles. The van der Waals surface area contributed by atoms with Crippen molar-refractivity contribution in [2.24, 2.45) is 0 Å². The number of rotatable bonds is 0. The molecule has 0 radical (unpaired) electrons. The maximum atomic E-state index is 5.33. The molecule has 0 amide bonds. The fraction of sp³-hybridized carbons (Fsp3) is 0.250. The Morgan fingerprint density at radius 3 is 2.91 bits per heavy atom. The Hall–Kier alpha value is -1.38. The fourth-order valence-corrected chi connectivity index (χ4v) is 1.09. The topological polar surface area (TPSA) is 38.9 Å². The second kappa shape index (κ2) is 2.05. The van der Waals surface area contributed by atoms with Crippen molar-refractivity contribution in [1.29, 1.82) is 0 Å². The molecule has 56 valence electrons. The van der Waals surface area contributed by atoms with Crippen molar-refractivity contribution < 1.29 is 4.42 Å². The summed E-state index contributed by atoms with van der Waals surface area (Å²) in [4.78, 5) is 0. The zero-order valence-corrected chi connectivity index (χ0v) is 6.46. The van der Waals surface area contributed by atoms with E-state index >= 15 is 0 Å². The Morgan fingerprint density at radius 1 is 1.36 bits per heavy atom. The first-order chi connectivity index (χ1) is 5.29. The average molecular weight is 148 g/mol. The summed E-state index contributed by atoms with van der Waals surface area (Å²) in [5.41, 5.74) is 1.78. The minimum atomic E-state index is 0.627. The van der Waals surface area contributed by atoms with Crippen molar-refractivity contribution in [2.75, 3.05) is 0 Å². The molecule has 2 aromatic heterocycles. The van der Waals surface area contributed by atoms with E-state index in [9.17, 15) is 0 Å². The Kier molecular flexibility index (Phi) is 1.18. The first-order valence-electron chi connectivity index (χ1n) is 3.46. The van der Waals surface area contributed by atoms with Gasteiger partial charge >= 0.3 is 0 Å². The van der Waals surface area contributed by atoms with E-state index in [4.69, 9.17) is 4.42 Å². The van der Waals surface area contributed by atoms with Gasteiger partial charge in [0.2, 0.25) is 5.71 Å². The van der Waals surface area contributed by atoms with Crippen LogP contribution in [-0.2, 0) is 0 Å². The molecule has 0 aliphatic heterocycles. The first kappa shape index (κ1) is 6.34. The van der Waals surface area contributed by atoms with Crippen LogP contribution in [-0.4, -0.2) is 10.2 Å². The highest BCUT2D eigenvalue weighted by atomic mass is 16.3. The number of aryl methyl sites for hydroxylation is 2. The summed E-state index contributed by atoms with van der Waals surface area (Å²) >= 11 is 0. The van der Waals surface area contributed by atoms with Gasteiger partial charge in [-0.15, -0.1) is 5.10 Å². The number of hydrogen-bond acceptors (Lipinski definition) is 3. The summed E-state index contributed by atoms with van der Waals surface area (Å²) < 4.78 is 5.33. The Balaban J connectivity index is 2.92. The molecule has 3 nitrogen and oxygen atoms in total. The third kappa shape index (κ3) is 0.808. The van der Waals surface area contributed by atoms with Gasteiger partial charge in [0.25, 0.3) is 0 Å². The van der Waals surface area contributed by atoms with Crippen molar-refractivity contribution in [3.63, 3.8) is 0 Å². The van der Waals surface area contributed by atoms with Gasteiger partial charge in [-0.05, 0) is 25.5 Å². The minimum absolute atomic E-state index is 0.627. The van der Waals surface area contributed by atoms with E-state index < -0.39 is 0 Å². The van der Waals surface area contributed by atoms with Gasteiger partial charge in [-0.1, -0.05) is 0 Å². The lowest BCUT2D eigenvalue weighted by Crippen LogP contribution is -1.77. The zero-order valence-electron chi connectivity index (χ0n) is 6.46. The standard InChI is InChI=1S/C8H8N2O/c1-5-6(2)11-8-7(5)3-4-9-10-8/h3-4H,1-2H3. The second-order valence-electron chi connectivity index (χ2n) is 2.53. The maximum absolute atomic E-state index is 5.33. The SMILES string of the molecule is Cc1oc2nnccc2c1C. The molecule has 0 fully saturated rings. The van der Waals surface area contributed by atoms with Crippen LogP contribution in [0.25, 0.3) is 11.1 Å². The largest absolute Gasteiger partial charge is 0.442 e.